The molecule has 6 rings (SSSR count). The fraction of sp³-hybridized carbons (Fsp3) is 0.576. The first-order valence-corrected chi connectivity index (χ1v) is 17.2. The number of hydrogen-bond donors (Lipinski definition) is 1. The second kappa shape index (κ2) is 16.5. The van der Waals surface area contributed by atoms with Crippen LogP contribution in [0.5, 0.6) is 11.6 Å². The summed E-state index contributed by atoms with van der Waals surface area (Å²) in [4.78, 5) is 11.9. The summed E-state index contributed by atoms with van der Waals surface area (Å²) in [6.07, 6.45) is 10.4. The maximum Gasteiger partial charge on any atom is 0.256 e. The van der Waals surface area contributed by atoms with E-state index in [0.29, 0.717) is 60.1 Å². The molecule has 2 aliphatic rings. The van der Waals surface area contributed by atoms with Crippen LogP contribution in [0.3, 0.4) is 0 Å². The molecule has 2 fully saturated rings. The molecule has 1 N–H and O–H groups in total. The van der Waals surface area contributed by atoms with Crippen molar-refractivity contribution in [1.82, 2.24) is 44.9 Å². The number of hydrogen-bond acceptors (Lipinski definition) is 12. The number of halogens is 1. The van der Waals surface area contributed by atoms with Gasteiger partial charge in [-0.1, -0.05) is 17.7 Å². The van der Waals surface area contributed by atoms with Crippen molar-refractivity contribution < 1.29 is 18.9 Å². The quantitative estimate of drug-likeness (QED) is 0.165. The first kappa shape index (κ1) is 34.0. The molecule has 0 unspecified atom stereocenters. The van der Waals surface area contributed by atoms with E-state index in [0.717, 1.165) is 69.7 Å². The molecule has 4 aromatic rings. The number of aromatic nitrogens is 8. The summed E-state index contributed by atoms with van der Waals surface area (Å²) in [6.45, 7) is 11.3. The van der Waals surface area contributed by atoms with Crippen molar-refractivity contribution in [2.75, 3.05) is 44.8 Å². The number of morpholine rings is 1. The Labute approximate surface area is 286 Å². The number of benzene rings is 1. The SMILES string of the molecule is CC(C)OCCCOc1nn(C2CCC(N3CCOCC3)CC2)cc1Nc1nccc(-c2ccc(Cl)c(O[C@@H](C)Cn3cnnn3)c2)n1. The predicted octanol–water partition coefficient (Wildman–Crippen LogP) is 5.20. The summed E-state index contributed by atoms with van der Waals surface area (Å²) >= 11 is 6.50. The smallest absolute Gasteiger partial charge is 0.256 e. The molecular formula is C33H45ClN10O4. The fourth-order valence-corrected chi connectivity index (χ4v) is 6.33. The number of nitrogens with zero attached hydrogens (tertiary/aromatic N) is 9. The Balaban J connectivity index is 1.15. The summed E-state index contributed by atoms with van der Waals surface area (Å²) in [5, 5.41) is 20.1. The van der Waals surface area contributed by atoms with Crippen molar-refractivity contribution in [3.8, 4) is 22.9 Å². The number of tetrazole rings is 1. The topological polar surface area (TPSA) is 139 Å². The maximum absolute atomic E-state index is 6.50. The molecule has 0 radical (unpaired) electrons. The monoisotopic (exact) mass is 680 g/mol. The third-order valence-electron chi connectivity index (χ3n) is 8.57. The van der Waals surface area contributed by atoms with Gasteiger partial charge < -0.3 is 24.3 Å². The molecule has 3 aromatic heterocycles. The maximum atomic E-state index is 6.50. The van der Waals surface area contributed by atoms with Crippen LogP contribution in [0.25, 0.3) is 11.3 Å². The van der Waals surface area contributed by atoms with E-state index in [-0.39, 0.29) is 12.2 Å². The molecule has 0 bridgehead atoms. The Morgan fingerprint density at radius 1 is 1.04 bits per heavy atom. The van der Waals surface area contributed by atoms with E-state index in [1.807, 2.05) is 45.2 Å². The molecule has 1 aliphatic heterocycles. The lowest BCUT2D eigenvalue weighted by Gasteiger charge is -2.38. The zero-order chi connectivity index (χ0) is 33.3. The van der Waals surface area contributed by atoms with Gasteiger partial charge in [0.2, 0.25) is 5.95 Å². The lowest BCUT2D eigenvalue weighted by molar-refractivity contribution is 0.00502. The van der Waals surface area contributed by atoms with Crippen LogP contribution in [0.15, 0.2) is 43.0 Å². The number of nitrogens with one attached hydrogen (secondary N) is 1. The van der Waals surface area contributed by atoms with E-state index in [1.165, 1.54) is 0 Å². The third-order valence-corrected chi connectivity index (χ3v) is 8.88. The van der Waals surface area contributed by atoms with Gasteiger partial charge in [0.15, 0.2) is 0 Å². The number of rotatable bonds is 15. The van der Waals surface area contributed by atoms with E-state index < -0.39 is 0 Å². The summed E-state index contributed by atoms with van der Waals surface area (Å²) < 4.78 is 27.3. The molecule has 0 spiro atoms. The van der Waals surface area contributed by atoms with Gasteiger partial charge in [0.1, 0.15) is 23.9 Å². The molecule has 1 atom stereocenters. The van der Waals surface area contributed by atoms with Crippen LogP contribution >= 0.6 is 11.6 Å². The zero-order valence-electron chi connectivity index (χ0n) is 27.9. The van der Waals surface area contributed by atoms with Crippen molar-refractivity contribution in [3.05, 3.63) is 48.0 Å². The lowest BCUT2D eigenvalue weighted by Crippen LogP contribution is -2.45. The minimum atomic E-state index is -0.217. The molecule has 15 heteroatoms. The highest BCUT2D eigenvalue weighted by Crippen LogP contribution is 2.35. The molecule has 1 saturated carbocycles. The van der Waals surface area contributed by atoms with E-state index in [9.17, 15) is 0 Å². The van der Waals surface area contributed by atoms with Crippen LogP contribution in [0.4, 0.5) is 11.6 Å². The Bertz CT molecular complexity index is 1570. The summed E-state index contributed by atoms with van der Waals surface area (Å²) in [6, 6.07) is 8.35. The Hall–Kier alpha value is -3.85. The minimum Gasteiger partial charge on any atom is -0.487 e. The third kappa shape index (κ3) is 9.19. The summed E-state index contributed by atoms with van der Waals surface area (Å²) in [5.74, 6) is 1.51. The predicted molar refractivity (Wildman–Crippen MR) is 181 cm³/mol. The van der Waals surface area contributed by atoms with Crippen LogP contribution in [0, 0.1) is 0 Å². The first-order chi connectivity index (χ1) is 23.4. The molecule has 48 heavy (non-hydrogen) atoms. The number of anilines is 2. The Morgan fingerprint density at radius 2 is 1.85 bits per heavy atom. The first-order valence-electron chi connectivity index (χ1n) is 16.8. The summed E-state index contributed by atoms with van der Waals surface area (Å²) in [7, 11) is 0. The lowest BCUT2D eigenvalue weighted by atomic mass is 9.90. The zero-order valence-corrected chi connectivity index (χ0v) is 28.6. The van der Waals surface area contributed by atoms with Crippen LogP contribution in [0.1, 0.15) is 58.9 Å². The van der Waals surface area contributed by atoms with Gasteiger partial charge in [0.25, 0.3) is 5.88 Å². The van der Waals surface area contributed by atoms with Crippen molar-refractivity contribution in [3.63, 3.8) is 0 Å². The Morgan fingerprint density at radius 3 is 2.62 bits per heavy atom. The molecule has 1 aromatic carbocycles. The van der Waals surface area contributed by atoms with E-state index >= 15 is 0 Å². The Kier molecular flexibility index (Phi) is 11.7. The van der Waals surface area contributed by atoms with Gasteiger partial charge in [-0.2, -0.15) is 0 Å². The van der Waals surface area contributed by atoms with Crippen molar-refractivity contribution >= 4 is 23.2 Å². The largest absolute Gasteiger partial charge is 0.487 e. The highest BCUT2D eigenvalue weighted by atomic mass is 35.5. The van der Waals surface area contributed by atoms with E-state index in [2.05, 4.69) is 35.4 Å². The van der Waals surface area contributed by atoms with Crippen LogP contribution in [-0.2, 0) is 16.0 Å². The van der Waals surface area contributed by atoms with Crippen molar-refractivity contribution in [1.29, 1.82) is 0 Å². The fourth-order valence-electron chi connectivity index (χ4n) is 6.17. The molecule has 1 saturated heterocycles. The van der Waals surface area contributed by atoms with Gasteiger partial charge >= 0.3 is 0 Å². The molecule has 1 aliphatic carbocycles. The summed E-state index contributed by atoms with van der Waals surface area (Å²) in [5.41, 5.74) is 2.27. The highest BCUT2D eigenvalue weighted by Gasteiger charge is 2.29. The average molecular weight is 681 g/mol. The van der Waals surface area contributed by atoms with Gasteiger partial charge in [-0.3, -0.25) is 9.58 Å². The van der Waals surface area contributed by atoms with Crippen molar-refractivity contribution in [2.24, 2.45) is 0 Å². The van der Waals surface area contributed by atoms with Gasteiger partial charge in [0, 0.05) is 37.3 Å². The average Bonchev–Trinajstić information content (AvgIpc) is 3.76. The van der Waals surface area contributed by atoms with Gasteiger partial charge in [0.05, 0.1) is 62.0 Å². The molecular weight excluding hydrogens is 636 g/mol. The van der Waals surface area contributed by atoms with E-state index in [1.54, 1.807) is 23.3 Å². The minimum absolute atomic E-state index is 0.183. The highest BCUT2D eigenvalue weighted by molar-refractivity contribution is 6.32. The van der Waals surface area contributed by atoms with Crippen molar-refractivity contribution in [2.45, 2.75) is 83.7 Å². The second-order valence-corrected chi connectivity index (χ2v) is 13.0. The van der Waals surface area contributed by atoms with Crippen LogP contribution in [-0.4, -0.2) is 103 Å². The standard InChI is InChI=1S/C33H45ClN10O4/c1-23(2)46-15-4-16-47-32-30(21-44(39-32)27-8-6-26(7-9-27)42-13-17-45-18-14-42)38-33-35-12-11-29(37-33)25-5-10-28(34)31(19-25)48-24(3)20-43-22-36-40-41-43/h5,10-12,19,21-24,26-27H,4,6-9,13-18,20H2,1-3H3,(H,35,37,38)/t24-,26?,27?/m0/s1. The number of ether oxygens (including phenoxy) is 4. The normalized spacial score (nSPS) is 19.4. The van der Waals surface area contributed by atoms with E-state index in [4.69, 9.17) is 40.6 Å². The van der Waals surface area contributed by atoms with Gasteiger partial charge in [-0.25, -0.2) is 14.6 Å². The molecule has 4 heterocycles. The molecule has 258 valence electrons. The van der Waals surface area contributed by atoms with Gasteiger partial charge in [-0.05, 0) is 75.1 Å². The van der Waals surface area contributed by atoms with Crippen LogP contribution in [0.2, 0.25) is 5.02 Å². The molecule has 14 nitrogen and oxygen atoms in total. The molecule has 0 amide bonds. The van der Waals surface area contributed by atoms with Gasteiger partial charge in [-0.15, -0.1) is 10.2 Å². The second-order valence-electron chi connectivity index (χ2n) is 12.6. The van der Waals surface area contributed by atoms with Crippen LogP contribution < -0.4 is 14.8 Å².